The summed E-state index contributed by atoms with van der Waals surface area (Å²) in [4.78, 5) is 18.0. The summed E-state index contributed by atoms with van der Waals surface area (Å²) < 4.78 is 14.0. The normalized spacial score (nSPS) is 11.2. The quantitative estimate of drug-likeness (QED) is 0.446. The Balaban J connectivity index is 1.74. The lowest BCUT2D eigenvalue weighted by Crippen LogP contribution is -2.19. The first-order valence-electron chi connectivity index (χ1n) is 9.80. The molecule has 154 valence electrons. The van der Waals surface area contributed by atoms with Crippen molar-refractivity contribution in [2.24, 2.45) is 0 Å². The van der Waals surface area contributed by atoms with Crippen LogP contribution in [0, 0.1) is 6.92 Å². The molecule has 0 fully saturated rings. The molecule has 0 aliphatic heterocycles. The average Bonchev–Trinajstić information content (AvgIpc) is 3.15. The molecule has 0 radical (unpaired) electrons. The summed E-state index contributed by atoms with van der Waals surface area (Å²) in [5.41, 5.74) is 4.69. The molecule has 0 atom stereocenters. The van der Waals surface area contributed by atoms with Gasteiger partial charge in [-0.1, -0.05) is 30.3 Å². The van der Waals surface area contributed by atoms with Crippen molar-refractivity contribution in [2.75, 3.05) is 14.2 Å². The average molecular weight is 412 g/mol. The minimum Gasteiger partial charge on any atom is -0.497 e. The maximum Gasteiger partial charge on any atom is 0.266 e. The van der Waals surface area contributed by atoms with Crippen molar-refractivity contribution in [3.63, 3.8) is 0 Å². The molecule has 0 saturated heterocycles. The molecule has 3 heterocycles. The van der Waals surface area contributed by atoms with Gasteiger partial charge in [0.05, 0.1) is 36.5 Å². The van der Waals surface area contributed by atoms with Gasteiger partial charge in [-0.2, -0.15) is 5.10 Å². The molecule has 0 bridgehead atoms. The van der Waals surface area contributed by atoms with Crippen molar-refractivity contribution in [3.8, 4) is 28.3 Å². The van der Waals surface area contributed by atoms with E-state index < -0.39 is 0 Å². The van der Waals surface area contributed by atoms with Gasteiger partial charge >= 0.3 is 0 Å². The van der Waals surface area contributed by atoms with Crippen LogP contribution in [0.4, 0.5) is 0 Å². The van der Waals surface area contributed by atoms with E-state index in [9.17, 15) is 4.79 Å². The highest BCUT2D eigenvalue weighted by atomic mass is 16.5. The Morgan fingerprint density at radius 1 is 0.968 bits per heavy atom. The predicted octanol–water partition coefficient (Wildman–Crippen LogP) is 4.03. The summed E-state index contributed by atoms with van der Waals surface area (Å²) >= 11 is 0. The highest BCUT2D eigenvalue weighted by Gasteiger charge is 2.17. The molecule has 0 spiro atoms. The van der Waals surface area contributed by atoms with Crippen LogP contribution in [0.3, 0.4) is 0 Å². The molecule has 7 nitrogen and oxygen atoms in total. The molecular formula is C24H20N4O3. The van der Waals surface area contributed by atoms with Gasteiger partial charge < -0.3 is 9.47 Å². The van der Waals surface area contributed by atoms with Gasteiger partial charge in [0, 0.05) is 24.0 Å². The van der Waals surface area contributed by atoms with Crippen LogP contribution in [0.5, 0.6) is 11.5 Å². The van der Waals surface area contributed by atoms with Gasteiger partial charge in [-0.3, -0.25) is 9.36 Å². The number of aromatic nitrogens is 4. The van der Waals surface area contributed by atoms with Crippen molar-refractivity contribution in [1.29, 1.82) is 0 Å². The molecule has 0 unspecified atom stereocenters. The zero-order valence-corrected chi connectivity index (χ0v) is 17.4. The van der Waals surface area contributed by atoms with Gasteiger partial charge in [0.1, 0.15) is 11.5 Å². The Hall–Kier alpha value is -4.13. The number of nitrogens with zero attached hydrogens (tertiary/aromatic N) is 4. The number of benzene rings is 2. The summed E-state index contributed by atoms with van der Waals surface area (Å²) in [7, 11) is 3.15. The fraction of sp³-hybridized carbons (Fsp3) is 0.125. The van der Waals surface area contributed by atoms with Gasteiger partial charge in [-0.15, -0.1) is 0 Å². The van der Waals surface area contributed by atoms with E-state index in [2.05, 4.69) is 10.1 Å². The van der Waals surface area contributed by atoms with Crippen molar-refractivity contribution in [2.45, 2.75) is 6.92 Å². The van der Waals surface area contributed by atoms with Gasteiger partial charge in [0.25, 0.3) is 5.56 Å². The highest BCUT2D eigenvalue weighted by molar-refractivity contribution is 5.86. The zero-order chi connectivity index (χ0) is 21.5. The van der Waals surface area contributed by atoms with Crippen molar-refractivity contribution >= 4 is 16.6 Å². The Kier molecular flexibility index (Phi) is 4.43. The van der Waals surface area contributed by atoms with Crippen LogP contribution in [-0.2, 0) is 0 Å². The number of hydrogen-bond donors (Lipinski definition) is 0. The van der Waals surface area contributed by atoms with Crippen LogP contribution in [0.1, 0.15) is 5.69 Å². The van der Waals surface area contributed by atoms with Gasteiger partial charge in [0.15, 0.2) is 5.65 Å². The zero-order valence-electron chi connectivity index (χ0n) is 17.4. The Morgan fingerprint density at radius 2 is 1.77 bits per heavy atom. The van der Waals surface area contributed by atoms with E-state index in [0.717, 1.165) is 22.5 Å². The second kappa shape index (κ2) is 7.28. The van der Waals surface area contributed by atoms with Gasteiger partial charge in [0.2, 0.25) is 0 Å². The van der Waals surface area contributed by atoms with Crippen molar-refractivity contribution < 1.29 is 9.47 Å². The first-order valence-corrected chi connectivity index (χ1v) is 9.80. The lowest BCUT2D eigenvalue weighted by molar-refractivity contribution is 0.393. The van der Waals surface area contributed by atoms with Crippen LogP contribution in [0.15, 0.2) is 71.8 Å². The molecule has 0 saturated carbocycles. The fourth-order valence-corrected chi connectivity index (χ4v) is 3.89. The molecule has 2 aromatic carbocycles. The maximum atomic E-state index is 13.4. The first kappa shape index (κ1) is 18.9. The Morgan fingerprint density at radius 3 is 2.52 bits per heavy atom. The second-order valence-corrected chi connectivity index (χ2v) is 7.15. The number of pyridine rings is 1. The third-order valence-corrected chi connectivity index (χ3v) is 5.40. The van der Waals surface area contributed by atoms with Gasteiger partial charge in [-0.05, 0) is 30.7 Å². The van der Waals surface area contributed by atoms with Crippen LogP contribution in [-0.4, -0.2) is 33.4 Å². The molecule has 0 N–H and O–H groups in total. The molecule has 0 amide bonds. The fourth-order valence-electron chi connectivity index (χ4n) is 3.89. The van der Waals surface area contributed by atoms with Crippen LogP contribution >= 0.6 is 0 Å². The molecule has 31 heavy (non-hydrogen) atoms. The lowest BCUT2D eigenvalue weighted by Gasteiger charge is -2.13. The number of hydrogen-bond acceptors (Lipinski definition) is 5. The molecule has 7 heteroatoms. The number of ether oxygens (including phenoxy) is 2. The standard InChI is InChI=1S/C24H20N4O3/c1-15-22(16-7-5-4-6-8-16)23-25-14-18-19(28(23)26-15)11-12-27(24(18)29)20-10-9-17(30-2)13-21(20)31-3/h4-14H,1-3H3. The minimum absolute atomic E-state index is 0.204. The third kappa shape index (κ3) is 2.93. The lowest BCUT2D eigenvalue weighted by atomic mass is 10.1. The van der Waals surface area contributed by atoms with Gasteiger partial charge in [-0.25, -0.2) is 9.50 Å². The van der Waals surface area contributed by atoms with Crippen LogP contribution in [0.25, 0.3) is 33.4 Å². The SMILES string of the molecule is COc1ccc(-n2ccc3c(cnc4c(-c5ccccc5)c(C)nn43)c2=O)c(OC)c1. The van der Waals surface area contributed by atoms with E-state index >= 15 is 0 Å². The molecule has 5 rings (SSSR count). The van der Waals surface area contributed by atoms with E-state index in [1.54, 1.807) is 53.9 Å². The number of fused-ring (bicyclic) bond motifs is 3. The monoisotopic (exact) mass is 412 g/mol. The molecule has 0 aliphatic rings. The van der Waals surface area contributed by atoms with E-state index in [1.807, 2.05) is 43.3 Å². The summed E-state index contributed by atoms with van der Waals surface area (Å²) in [6.07, 6.45) is 3.35. The summed E-state index contributed by atoms with van der Waals surface area (Å²) in [5, 5.41) is 5.15. The molecule has 3 aromatic heterocycles. The third-order valence-electron chi connectivity index (χ3n) is 5.40. The topological polar surface area (TPSA) is 70.6 Å². The van der Waals surface area contributed by atoms with E-state index in [4.69, 9.17) is 9.47 Å². The van der Waals surface area contributed by atoms with Crippen molar-refractivity contribution in [3.05, 3.63) is 83.0 Å². The van der Waals surface area contributed by atoms with Crippen molar-refractivity contribution in [1.82, 2.24) is 19.2 Å². The van der Waals surface area contributed by atoms with Crippen LogP contribution in [0.2, 0.25) is 0 Å². The predicted molar refractivity (Wildman–Crippen MR) is 119 cm³/mol. The maximum absolute atomic E-state index is 13.4. The second-order valence-electron chi connectivity index (χ2n) is 7.15. The highest BCUT2D eigenvalue weighted by Crippen LogP contribution is 2.30. The van der Waals surface area contributed by atoms with E-state index in [-0.39, 0.29) is 5.56 Å². The first-order chi connectivity index (χ1) is 15.1. The Bertz CT molecular complexity index is 1490. The summed E-state index contributed by atoms with van der Waals surface area (Å²) in [5.74, 6) is 1.19. The number of rotatable bonds is 4. The van der Waals surface area contributed by atoms with E-state index in [1.165, 1.54) is 0 Å². The summed E-state index contributed by atoms with van der Waals surface area (Å²) in [6, 6.07) is 17.2. The van der Waals surface area contributed by atoms with Crippen LogP contribution < -0.4 is 15.0 Å². The Labute approximate surface area is 178 Å². The largest absolute Gasteiger partial charge is 0.497 e. The molecular weight excluding hydrogens is 392 g/mol. The minimum atomic E-state index is -0.204. The number of methoxy groups -OCH3 is 2. The van der Waals surface area contributed by atoms with E-state index in [0.29, 0.717) is 28.1 Å². The molecule has 5 aromatic rings. The smallest absolute Gasteiger partial charge is 0.266 e. The number of aryl methyl sites for hydroxylation is 1. The molecule has 0 aliphatic carbocycles. The summed E-state index contributed by atoms with van der Waals surface area (Å²) in [6.45, 7) is 1.95.